The Balaban J connectivity index is 4.00. The quantitative estimate of drug-likeness (QED) is 0.484. The Morgan fingerprint density at radius 2 is 2.09 bits per heavy atom. The monoisotopic (exact) mass is 153 g/mol. The summed E-state index contributed by atoms with van der Waals surface area (Å²) in [6, 6.07) is 0. The van der Waals surface area contributed by atoms with Crippen molar-refractivity contribution in [3.05, 3.63) is 23.8 Å². The van der Waals surface area contributed by atoms with E-state index in [4.69, 9.17) is 0 Å². The van der Waals surface area contributed by atoms with Crippen molar-refractivity contribution in [3.8, 4) is 0 Å². The number of hydrogen-bond donors (Lipinski definition) is 1. The number of rotatable bonds is 3. The molecule has 1 amide bonds. The smallest absolute Gasteiger partial charge is 0.243 e. The molecule has 0 saturated carbocycles. The third-order valence-electron chi connectivity index (χ3n) is 1.47. The van der Waals surface area contributed by atoms with E-state index in [1.54, 1.807) is 13.1 Å². The summed E-state index contributed by atoms with van der Waals surface area (Å²) in [5, 5.41) is 2.52. The Morgan fingerprint density at radius 3 is 2.45 bits per heavy atom. The Hall–Kier alpha value is -1.05. The average molecular weight is 153 g/mol. The summed E-state index contributed by atoms with van der Waals surface area (Å²) in [6.45, 7) is 4.02. The number of nitrogens with one attached hydrogen (secondary N) is 1. The van der Waals surface area contributed by atoms with E-state index in [0.717, 1.165) is 6.42 Å². The lowest BCUT2D eigenvalue weighted by Crippen LogP contribution is -2.13. The summed E-state index contributed by atoms with van der Waals surface area (Å²) < 4.78 is 0. The SMILES string of the molecule is C/C=C(\C=C\C(=O)NC)CC. The topological polar surface area (TPSA) is 29.1 Å². The van der Waals surface area contributed by atoms with Gasteiger partial charge in [0.25, 0.3) is 0 Å². The maximum atomic E-state index is 10.7. The second kappa shape index (κ2) is 5.71. The first-order valence-corrected chi connectivity index (χ1v) is 3.79. The first kappa shape index (κ1) is 9.95. The normalized spacial score (nSPS) is 12.1. The van der Waals surface area contributed by atoms with Crippen molar-refractivity contribution in [2.45, 2.75) is 20.3 Å². The molecular formula is C9H15NO. The zero-order chi connectivity index (χ0) is 8.69. The summed E-state index contributed by atoms with van der Waals surface area (Å²) in [4.78, 5) is 10.7. The van der Waals surface area contributed by atoms with Gasteiger partial charge in [0.1, 0.15) is 0 Å². The van der Waals surface area contributed by atoms with Gasteiger partial charge in [0.15, 0.2) is 0 Å². The third-order valence-corrected chi connectivity index (χ3v) is 1.47. The van der Waals surface area contributed by atoms with E-state index in [9.17, 15) is 4.79 Å². The van der Waals surface area contributed by atoms with E-state index in [1.165, 1.54) is 5.57 Å². The number of allylic oxidation sites excluding steroid dienone is 3. The van der Waals surface area contributed by atoms with Crippen molar-refractivity contribution in [1.29, 1.82) is 0 Å². The Morgan fingerprint density at radius 1 is 1.45 bits per heavy atom. The van der Waals surface area contributed by atoms with Gasteiger partial charge in [-0.2, -0.15) is 0 Å². The van der Waals surface area contributed by atoms with Crippen LogP contribution in [0.5, 0.6) is 0 Å². The van der Waals surface area contributed by atoms with Crippen LogP contribution in [0, 0.1) is 0 Å². The van der Waals surface area contributed by atoms with Crippen molar-refractivity contribution >= 4 is 5.91 Å². The van der Waals surface area contributed by atoms with Crippen LogP contribution in [-0.2, 0) is 4.79 Å². The molecule has 0 aliphatic rings. The van der Waals surface area contributed by atoms with Crippen molar-refractivity contribution in [3.63, 3.8) is 0 Å². The molecule has 0 spiro atoms. The summed E-state index contributed by atoms with van der Waals surface area (Å²) >= 11 is 0. The molecule has 0 heterocycles. The average Bonchev–Trinajstić information content (AvgIpc) is 2.06. The second-order valence-electron chi connectivity index (χ2n) is 2.16. The summed E-state index contributed by atoms with van der Waals surface area (Å²) in [5.41, 5.74) is 1.17. The molecule has 0 aliphatic heterocycles. The maximum absolute atomic E-state index is 10.7. The minimum Gasteiger partial charge on any atom is -0.356 e. The molecule has 2 heteroatoms. The van der Waals surface area contributed by atoms with Gasteiger partial charge in [-0.25, -0.2) is 0 Å². The molecule has 0 bridgehead atoms. The first-order valence-electron chi connectivity index (χ1n) is 3.79. The zero-order valence-corrected chi connectivity index (χ0v) is 7.35. The minimum absolute atomic E-state index is 0.0576. The van der Waals surface area contributed by atoms with Gasteiger partial charge in [-0.15, -0.1) is 0 Å². The van der Waals surface area contributed by atoms with Gasteiger partial charge in [0.2, 0.25) is 5.91 Å². The van der Waals surface area contributed by atoms with Crippen LogP contribution in [0.25, 0.3) is 0 Å². The fourth-order valence-corrected chi connectivity index (χ4v) is 0.684. The number of carbonyl (C=O) groups is 1. The van der Waals surface area contributed by atoms with Crippen molar-refractivity contribution < 1.29 is 4.79 Å². The lowest BCUT2D eigenvalue weighted by Gasteiger charge is -1.93. The fraction of sp³-hybridized carbons (Fsp3) is 0.444. The lowest BCUT2D eigenvalue weighted by molar-refractivity contribution is -0.116. The van der Waals surface area contributed by atoms with Gasteiger partial charge in [0.05, 0.1) is 0 Å². The minimum atomic E-state index is -0.0576. The molecule has 0 fully saturated rings. The molecule has 0 aromatic rings. The second-order valence-corrected chi connectivity index (χ2v) is 2.16. The molecule has 2 nitrogen and oxygen atoms in total. The van der Waals surface area contributed by atoms with E-state index in [1.807, 2.05) is 19.1 Å². The van der Waals surface area contributed by atoms with E-state index in [2.05, 4.69) is 12.2 Å². The van der Waals surface area contributed by atoms with Gasteiger partial charge in [-0.05, 0) is 13.3 Å². The molecule has 1 N–H and O–H groups in total. The summed E-state index contributed by atoms with van der Waals surface area (Å²) in [5.74, 6) is -0.0576. The summed E-state index contributed by atoms with van der Waals surface area (Å²) in [6.07, 6.45) is 6.33. The highest BCUT2D eigenvalue weighted by Crippen LogP contribution is 2.00. The molecule has 62 valence electrons. The molecule has 0 atom stereocenters. The molecule has 0 aromatic heterocycles. The van der Waals surface area contributed by atoms with E-state index < -0.39 is 0 Å². The predicted molar refractivity (Wildman–Crippen MR) is 47.3 cm³/mol. The van der Waals surface area contributed by atoms with Gasteiger partial charge >= 0.3 is 0 Å². The molecule has 0 aliphatic carbocycles. The zero-order valence-electron chi connectivity index (χ0n) is 7.35. The molecule has 0 saturated heterocycles. The van der Waals surface area contributed by atoms with Crippen LogP contribution >= 0.6 is 0 Å². The van der Waals surface area contributed by atoms with E-state index in [0.29, 0.717) is 0 Å². The Labute approximate surface area is 68.0 Å². The van der Waals surface area contributed by atoms with Gasteiger partial charge < -0.3 is 5.32 Å². The van der Waals surface area contributed by atoms with Crippen LogP contribution in [0.15, 0.2) is 23.8 Å². The fourth-order valence-electron chi connectivity index (χ4n) is 0.684. The van der Waals surface area contributed by atoms with Gasteiger partial charge in [-0.1, -0.05) is 24.6 Å². The molecule has 0 radical (unpaired) electrons. The van der Waals surface area contributed by atoms with Gasteiger partial charge in [-0.3, -0.25) is 4.79 Å². The largest absolute Gasteiger partial charge is 0.356 e. The van der Waals surface area contributed by atoms with Crippen molar-refractivity contribution in [2.75, 3.05) is 7.05 Å². The predicted octanol–water partition coefficient (Wildman–Crippen LogP) is 1.64. The van der Waals surface area contributed by atoms with Crippen LogP contribution in [0.1, 0.15) is 20.3 Å². The highest BCUT2D eigenvalue weighted by Gasteiger charge is 1.88. The molecule has 11 heavy (non-hydrogen) atoms. The highest BCUT2D eigenvalue weighted by molar-refractivity contribution is 5.87. The number of hydrogen-bond acceptors (Lipinski definition) is 1. The molecule has 0 rings (SSSR count). The first-order chi connectivity index (χ1) is 5.24. The van der Waals surface area contributed by atoms with Crippen LogP contribution in [0.2, 0.25) is 0 Å². The summed E-state index contributed by atoms with van der Waals surface area (Å²) in [7, 11) is 1.62. The van der Waals surface area contributed by atoms with Gasteiger partial charge in [0, 0.05) is 13.1 Å². The van der Waals surface area contributed by atoms with Crippen LogP contribution < -0.4 is 5.32 Å². The highest BCUT2D eigenvalue weighted by atomic mass is 16.1. The number of amides is 1. The van der Waals surface area contributed by atoms with E-state index in [-0.39, 0.29) is 5.91 Å². The third kappa shape index (κ3) is 4.37. The molecule has 0 aromatic carbocycles. The standard InChI is InChI=1S/C9H15NO/c1-4-8(5-2)6-7-9(11)10-3/h4,6-7H,5H2,1-3H3,(H,10,11)/b7-6+,8-4-. The number of likely N-dealkylation sites (N-methyl/N-ethyl adjacent to an activating group) is 1. The number of carbonyl (C=O) groups excluding carboxylic acids is 1. The van der Waals surface area contributed by atoms with Crippen molar-refractivity contribution in [2.24, 2.45) is 0 Å². The maximum Gasteiger partial charge on any atom is 0.243 e. The lowest BCUT2D eigenvalue weighted by atomic mass is 10.2. The Bertz CT molecular complexity index is 180. The van der Waals surface area contributed by atoms with Crippen LogP contribution in [0.4, 0.5) is 0 Å². The van der Waals surface area contributed by atoms with E-state index >= 15 is 0 Å². The van der Waals surface area contributed by atoms with Crippen LogP contribution in [0.3, 0.4) is 0 Å². The molecular weight excluding hydrogens is 138 g/mol. The Kier molecular flexibility index (Phi) is 5.17. The molecule has 0 unspecified atom stereocenters. The van der Waals surface area contributed by atoms with Crippen molar-refractivity contribution in [1.82, 2.24) is 5.32 Å². The van der Waals surface area contributed by atoms with Crippen LogP contribution in [-0.4, -0.2) is 13.0 Å².